The van der Waals surface area contributed by atoms with E-state index < -0.39 is 0 Å². The summed E-state index contributed by atoms with van der Waals surface area (Å²) in [4.78, 5) is 1.57. The lowest BCUT2D eigenvalue weighted by molar-refractivity contribution is 0.567. The molecule has 49 valence electrons. The Morgan fingerprint density at radius 3 is 3.00 bits per heavy atom. The molecule has 0 fully saturated rings. The summed E-state index contributed by atoms with van der Waals surface area (Å²) in [5, 5.41) is 11.0. The second-order valence-corrected chi connectivity index (χ2v) is 1.70. The fourth-order valence-electron chi connectivity index (χ4n) is 0.659. The van der Waals surface area contributed by atoms with Gasteiger partial charge in [0.2, 0.25) is 6.33 Å². The maximum atomic E-state index is 3.93. The van der Waals surface area contributed by atoms with Crippen LogP contribution in [0.2, 0.25) is 0 Å². The van der Waals surface area contributed by atoms with E-state index in [2.05, 4.69) is 21.6 Å². The Morgan fingerprint density at radius 2 is 2.40 bits per heavy atom. The Morgan fingerprint density at radius 1 is 1.40 bits per heavy atom. The van der Waals surface area contributed by atoms with Crippen molar-refractivity contribution in [2.45, 2.75) is 0 Å². The van der Waals surface area contributed by atoms with Gasteiger partial charge >= 0.3 is 0 Å². The van der Waals surface area contributed by atoms with Crippen LogP contribution in [0.5, 0.6) is 0 Å². The summed E-state index contributed by atoms with van der Waals surface area (Å²) >= 11 is 0. The zero-order valence-corrected chi connectivity index (χ0v) is 5.05. The molecule has 0 N–H and O–H groups in total. The van der Waals surface area contributed by atoms with Gasteiger partial charge in [0.15, 0.2) is 0 Å². The van der Waals surface area contributed by atoms with Crippen LogP contribution in [-0.4, -0.2) is 24.8 Å². The van der Waals surface area contributed by atoms with Gasteiger partial charge in [0, 0.05) is 6.20 Å². The minimum atomic E-state index is 1.52. The normalized spacial score (nSPS) is 10.0. The van der Waals surface area contributed by atoms with Crippen molar-refractivity contribution < 1.29 is 0 Å². The first-order valence-electron chi connectivity index (χ1n) is 2.75. The van der Waals surface area contributed by atoms with Gasteiger partial charge in [-0.05, 0) is 6.07 Å². The van der Waals surface area contributed by atoms with Gasteiger partial charge in [-0.2, -0.15) is 14.6 Å². The fraction of sp³-hybridized carbons (Fsp3) is 0. The zero-order chi connectivity index (χ0) is 6.81. The highest BCUT2D eigenvalue weighted by Crippen LogP contribution is 1.84. The van der Waals surface area contributed by atoms with Gasteiger partial charge in [0.1, 0.15) is 6.33 Å². The fourth-order valence-corrected chi connectivity index (χ4v) is 0.659. The Kier molecular flexibility index (Phi) is 1.00. The van der Waals surface area contributed by atoms with Crippen LogP contribution < -0.4 is 0 Å². The average molecular weight is 134 g/mol. The first-order chi connectivity index (χ1) is 4.97. The van der Waals surface area contributed by atoms with Crippen molar-refractivity contribution in [1.82, 2.24) is 24.8 Å². The van der Waals surface area contributed by atoms with E-state index >= 15 is 0 Å². The van der Waals surface area contributed by atoms with Crippen LogP contribution in [0.25, 0.3) is 0 Å². The molecule has 2 aromatic rings. The lowest BCUT2D eigenvalue weighted by atomic mass is 10.8. The third kappa shape index (κ3) is 0.680. The van der Waals surface area contributed by atoms with Crippen molar-refractivity contribution >= 4 is 0 Å². The number of rotatable bonds is 1. The quantitative estimate of drug-likeness (QED) is 0.532. The molecule has 10 heavy (non-hydrogen) atoms. The van der Waals surface area contributed by atoms with Crippen LogP contribution in [0.15, 0.2) is 24.8 Å². The Labute approximate surface area is 56.9 Å². The van der Waals surface area contributed by atoms with E-state index in [0.717, 1.165) is 0 Å². The lowest BCUT2D eigenvalue weighted by Gasteiger charge is -1.95. The Hall–Kier alpha value is -1.65. The van der Waals surface area contributed by atoms with Crippen molar-refractivity contribution in [1.29, 1.82) is 0 Å². The summed E-state index contributed by atoms with van der Waals surface area (Å²) in [6, 6.07) is 1.81. The minimum absolute atomic E-state index is 1.52. The average Bonchev–Trinajstić information content (AvgIpc) is 2.59. The van der Waals surface area contributed by atoms with E-state index in [9.17, 15) is 0 Å². The molecule has 2 rings (SSSR count). The van der Waals surface area contributed by atoms with Gasteiger partial charge in [-0.3, -0.25) is 0 Å². The summed E-state index contributed by atoms with van der Waals surface area (Å²) in [6.07, 6.45) is 7.57. The molecule has 0 atom stereocenters. The predicted molar refractivity (Wildman–Crippen MR) is 31.9 cm³/mol. The highest BCUT2D eigenvalue weighted by Gasteiger charge is 1.90. The summed E-state index contributed by atoms with van der Waals surface area (Å²) in [7, 11) is 0. The number of aromatic nitrogens is 5. The maximum Gasteiger partial charge on any atom is 0.224 e. The van der Waals surface area contributed by atoms with Gasteiger partial charge in [-0.1, -0.05) is 0 Å². The standard InChI is InChI=1S/C5H4N5/c1-2-8-10(3-1)9-4-6-7-5-9/h1-4H. The molecular formula is C5H4N5. The molecule has 0 spiro atoms. The van der Waals surface area contributed by atoms with Crippen molar-refractivity contribution in [3.63, 3.8) is 0 Å². The number of hydrogen-bond acceptors (Lipinski definition) is 3. The largest absolute Gasteiger partial charge is 0.224 e. The van der Waals surface area contributed by atoms with Gasteiger partial charge in [-0.15, -0.1) is 10.2 Å². The van der Waals surface area contributed by atoms with Crippen LogP contribution in [0, 0.1) is 6.33 Å². The molecule has 0 saturated heterocycles. The van der Waals surface area contributed by atoms with Gasteiger partial charge in [0.05, 0.1) is 6.20 Å². The predicted octanol–water partition coefficient (Wildman–Crippen LogP) is -0.414. The van der Waals surface area contributed by atoms with Crippen molar-refractivity contribution in [3.05, 3.63) is 31.1 Å². The molecule has 0 aromatic carbocycles. The molecule has 1 radical (unpaired) electrons. The molecule has 0 saturated carbocycles. The summed E-state index contributed by atoms with van der Waals surface area (Å²) in [6.45, 7) is 0. The third-order valence-corrected chi connectivity index (χ3v) is 1.08. The molecule has 0 aliphatic heterocycles. The van der Waals surface area contributed by atoms with Gasteiger partial charge < -0.3 is 0 Å². The van der Waals surface area contributed by atoms with Crippen LogP contribution in [-0.2, 0) is 0 Å². The maximum absolute atomic E-state index is 3.93. The molecule has 5 heteroatoms. The minimum Gasteiger partial charge on any atom is -0.197 e. The summed E-state index contributed by atoms with van der Waals surface area (Å²) in [5.41, 5.74) is 0. The molecule has 0 aliphatic carbocycles. The second kappa shape index (κ2) is 1.94. The monoisotopic (exact) mass is 134 g/mol. The topological polar surface area (TPSA) is 48.5 Å². The van der Waals surface area contributed by atoms with E-state index in [0.29, 0.717) is 0 Å². The number of nitrogens with zero attached hydrogens (tertiary/aromatic N) is 5. The molecule has 0 aliphatic rings. The second-order valence-electron chi connectivity index (χ2n) is 1.70. The van der Waals surface area contributed by atoms with Crippen LogP contribution >= 0.6 is 0 Å². The first kappa shape index (κ1) is 5.16. The molecule has 5 nitrogen and oxygen atoms in total. The van der Waals surface area contributed by atoms with Gasteiger partial charge in [0.25, 0.3) is 0 Å². The van der Waals surface area contributed by atoms with Crippen LogP contribution in [0.4, 0.5) is 0 Å². The summed E-state index contributed by atoms with van der Waals surface area (Å²) in [5.74, 6) is 0. The van der Waals surface area contributed by atoms with E-state index in [-0.39, 0.29) is 0 Å². The lowest BCUT2D eigenvalue weighted by Crippen LogP contribution is -2.06. The van der Waals surface area contributed by atoms with E-state index in [4.69, 9.17) is 0 Å². The van der Waals surface area contributed by atoms with Crippen molar-refractivity contribution in [2.75, 3.05) is 0 Å². The Bertz CT molecular complexity index is 249. The number of hydrogen-bond donors (Lipinski definition) is 0. The van der Waals surface area contributed by atoms with E-state index in [1.807, 2.05) is 6.07 Å². The summed E-state index contributed by atoms with van der Waals surface area (Å²) < 4.78 is 1.54. The highest BCUT2D eigenvalue weighted by molar-refractivity contribution is 4.78. The highest BCUT2D eigenvalue weighted by atomic mass is 15.6. The SMILES string of the molecule is [c]1nncn1-n1cccn1. The smallest absolute Gasteiger partial charge is 0.197 e. The van der Waals surface area contributed by atoms with E-state index in [1.165, 1.54) is 6.33 Å². The molecule has 2 heterocycles. The molecule has 0 amide bonds. The molecular weight excluding hydrogens is 130 g/mol. The third-order valence-electron chi connectivity index (χ3n) is 1.08. The van der Waals surface area contributed by atoms with Crippen LogP contribution in [0.3, 0.4) is 0 Å². The van der Waals surface area contributed by atoms with E-state index in [1.54, 1.807) is 21.9 Å². The molecule has 2 aromatic heterocycles. The van der Waals surface area contributed by atoms with Gasteiger partial charge in [-0.25, -0.2) is 0 Å². The first-order valence-corrected chi connectivity index (χ1v) is 2.75. The van der Waals surface area contributed by atoms with Crippen molar-refractivity contribution in [2.24, 2.45) is 0 Å². The molecule has 0 bridgehead atoms. The zero-order valence-electron chi connectivity index (χ0n) is 5.05. The van der Waals surface area contributed by atoms with Crippen LogP contribution in [0.1, 0.15) is 0 Å². The van der Waals surface area contributed by atoms with Crippen molar-refractivity contribution in [3.8, 4) is 0 Å². The molecule has 0 unspecified atom stereocenters. The Balaban J connectivity index is 2.48.